The van der Waals surface area contributed by atoms with E-state index >= 15 is 0 Å². The number of hydrogen-bond donors (Lipinski definition) is 0. The summed E-state index contributed by atoms with van der Waals surface area (Å²) in [6.45, 7) is 3.36. The summed E-state index contributed by atoms with van der Waals surface area (Å²) >= 11 is 0. The van der Waals surface area contributed by atoms with Crippen molar-refractivity contribution in [3.8, 4) is 0 Å². The van der Waals surface area contributed by atoms with Gasteiger partial charge in [0.25, 0.3) is 0 Å². The van der Waals surface area contributed by atoms with E-state index in [0.29, 0.717) is 19.6 Å². The Hall–Kier alpha value is -0.410. The molecule has 0 N–H and O–H groups in total. The Morgan fingerprint density at radius 3 is 2.06 bits per heavy atom. The molecular formula is C14H26O3. The molecule has 0 amide bonds. The minimum atomic E-state index is -0.556. The largest absolute Gasteiger partial charge is 0.344 e. The SMILES string of the molecule is CCCCCCCCCCC(=O)C1OCCO1. The molecule has 0 atom stereocenters. The molecule has 3 heteroatoms. The molecular weight excluding hydrogens is 216 g/mol. The van der Waals surface area contributed by atoms with Gasteiger partial charge < -0.3 is 9.47 Å². The molecule has 17 heavy (non-hydrogen) atoms. The first-order valence-electron chi connectivity index (χ1n) is 7.10. The monoisotopic (exact) mass is 242 g/mol. The molecule has 1 aliphatic heterocycles. The fraction of sp³-hybridized carbons (Fsp3) is 0.929. The number of ketones is 1. The predicted molar refractivity (Wildman–Crippen MR) is 67.9 cm³/mol. The summed E-state index contributed by atoms with van der Waals surface area (Å²) in [7, 11) is 0. The van der Waals surface area contributed by atoms with Gasteiger partial charge in [-0.25, -0.2) is 0 Å². The Labute approximate surface area is 105 Å². The Balaban J connectivity index is 1.85. The second kappa shape index (κ2) is 9.60. The number of carbonyl (C=O) groups excluding carboxylic acids is 1. The molecule has 0 aromatic rings. The maximum atomic E-state index is 11.6. The first-order valence-corrected chi connectivity index (χ1v) is 7.10. The van der Waals surface area contributed by atoms with Gasteiger partial charge in [-0.05, 0) is 6.42 Å². The number of Topliss-reactive ketones (excluding diaryl/α,β-unsaturated/α-hetero) is 1. The smallest absolute Gasteiger partial charge is 0.217 e. The van der Waals surface area contributed by atoms with Crippen LogP contribution in [-0.4, -0.2) is 25.3 Å². The summed E-state index contributed by atoms with van der Waals surface area (Å²) in [6.07, 6.45) is 10.1. The minimum absolute atomic E-state index is 0.119. The average Bonchev–Trinajstić information content (AvgIpc) is 2.86. The van der Waals surface area contributed by atoms with Crippen molar-refractivity contribution < 1.29 is 14.3 Å². The molecule has 1 aliphatic rings. The molecule has 1 heterocycles. The van der Waals surface area contributed by atoms with E-state index in [1.54, 1.807) is 0 Å². The normalized spacial score (nSPS) is 16.5. The summed E-state index contributed by atoms with van der Waals surface area (Å²) in [6, 6.07) is 0. The maximum Gasteiger partial charge on any atom is 0.217 e. The van der Waals surface area contributed by atoms with Gasteiger partial charge in [0.05, 0.1) is 13.2 Å². The molecule has 1 rings (SSSR count). The van der Waals surface area contributed by atoms with Crippen molar-refractivity contribution in [2.45, 2.75) is 71.0 Å². The molecule has 0 bridgehead atoms. The zero-order valence-corrected chi connectivity index (χ0v) is 11.1. The standard InChI is InChI=1S/C14H26O3/c1-2-3-4-5-6-7-8-9-10-13(15)14-16-11-12-17-14/h14H,2-12H2,1H3. The van der Waals surface area contributed by atoms with E-state index in [-0.39, 0.29) is 5.78 Å². The van der Waals surface area contributed by atoms with Crippen molar-refractivity contribution in [2.24, 2.45) is 0 Å². The van der Waals surface area contributed by atoms with Crippen molar-refractivity contribution in [3.05, 3.63) is 0 Å². The highest BCUT2D eigenvalue weighted by atomic mass is 16.7. The topological polar surface area (TPSA) is 35.5 Å². The first kappa shape index (κ1) is 14.7. The average molecular weight is 242 g/mol. The van der Waals surface area contributed by atoms with Gasteiger partial charge in [-0.15, -0.1) is 0 Å². The summed E-state index contributed by atoms with van der Waals surface area (Å²) in [5, 5.41) is 0. The molecule has 0 saturated carbocycles. The highest BCUT2D eigenvalue weighted by Gasteiger charge is 2.23. The van der Waals surface area contributed by atoms with E-state index in [1.165, 1.54) is 38.5 Å². The van der Waals surface area contributed by atoms with Crippen molar-refractivity contribution in [3.63, 3.8) is 0 Å². The third-order valence-corrected chi connectivity index (χ3v) is 3.16. The van der Waals surface area contributed by atoms with Gasteiger partial charge in [0.1, 0.15) is 0 Å². The van der Waals surface area contributed by atoms with Gasteiger partial charge in [0.15, 0.2) is 5.78 Å². The molecule has 0 radical (unpaired) electrons. The molecule has 1 saturated heterocycles. The molecule has 0 unspecified atom stereocenters. The minimum Gasteiger partial charge on any atom is -0.344 e. The number of unbranched alkanes of at least 4 members (excludes halogenated alkanes) is 7. The fourth-order valence-corrected chi connectivity index (χ4v) is 2.10. The van der Waals surface area contributed by atoms with Crippen LogP contribution in [0.1, 0.15) is 64.7 Å². The summed E-state index contributed by atoms with van der Waals surface area (Å²) in [5.41, 5.74) is 0. The fourth-order valence-electron chi connectivity index (χ4n) is 2.10. The molecule has 0 aromatic carbocycles. The molecule has 0 aliphatic carbocycles. The van der Waals surface area contributed by atoms with Crippen molar-refractivity contribution in [1.82, 2.24) is 0 Å². The van der Waals surface area contributed by atoms with Crippen LogP contribution in [0.2, 0.25) is 0 Å². The number of rotatable bonds is 10. The lowest BCUT2D eigenvalue weighted by Gasteiger charge is -2.07. The Morgan fingerprint density at radius 2 is 1.47 bits per heavy atom. The molecule has 0 spiro atoms. The lowest BCUT2D eigenvalue weighted by atomic mass is 10.1. The highest BCUT2D eigenvalue weighted by molar-refractivity contribution is 5.81. The number of carbonyl (C=O) groups is 1. The summed E-state index contributed by atoms with van der Waals surface area (Å²) in [4.78, 5) is 11.6. The van der Waals surface area contributed by atoms with Crippen molar-refractivity contribution in [1.29, 1.82) is 0 Å². The second-order valence-corrected chi connectivity index (χ2v) is 4.76. The van der Waals surface area contributed by atoms with Gasteiger partial charge in [-0.3, -0.25) is 4.79 Å². The van der Waals surface area contributed by atoms with Crippen molar-refractivity contribution in [2.75, 3.05) is 13.2 Å². The molecule has 3 nitrogen and oxygen atoms in total. The third kappa shape index (κ3) is 6.79. The maximum absolute atomic E-state index is 11.6. The Kier molecular flexibility index (Phi) is 8.28. The number of ether oxygens (including phenoxy) is 2. The Bertz CT molecular complexity index is 198. The van der Waals surface area contributed by atoms with E-state index in [2.05, 4.69) is 6.92 Å². The van der Waals surface area contributed by atoms with Crippen LogP contribution in [0.5, 0.6) is 0 Å². The van der Waals surface area contributed by atoms with Gasteiger partial charge >= 0.3 is 0 Å². The van der Waals surface area contributed by atoms with Crippen LogP contribution in [0, 0.1) is 0 Å². The van der Waals surface area contributed by atoms with E-state index in [9.17, 15) is 4.79 Å². The lowest BCUT2D eigenvalue weighted by Crippen LogP contribution is -2.20. The van der Waals surface area contributed by atoms with Crippen molar-refractivity contribution >= 4 is 5.78 Å². The summed E-state index contributed by atoms with van der Waals surface area (Å²) < 4.78 is 10.3. The van der Waals surface area contributed by atoms with E-state index < -0.39 is 6.29 Å². The van der Waals surface area contributed by atoms with Crippen LogP contribution >= 0.6 is 0 Å². The molecule has 1 fully saturated rings. The van der Waals surface area contributed by atoms with Crippen LogP contribution < -0.4 is 0 Å². The molecule has 100 valence electrons. The van der Waals surface area contributed by atoms with Gasteiger partial charge in [-0.1, -0.05) is 51.9 Å². The predicted octanol–water partition coefficient (Wildman–Crippen LogP) is 3.46. The van der Waals surface area contributed by atoms with Crippen LogP contribution in [0.25, 0.3) is 0 Å². The van der Waals surface area contributed by atoms with Gasteiger partial charge in [0.2, 0.25) is 6.29 Å². The van der Waals surface area contributed by atoms with E-state index in [0.717, 1.165) is 12.8 Å². The van der Waals surface area contributed by atoms with Crippen LogP contribution in [0.15, 0.2) is 0 Å². The zero-order valence-electron chi connectivity index (χ0n) is 11.1. The Morgan fingerprint density at radius 1 is 0.941 bits per heavy atom. The van der Waals surface area contributed by atoms with Crippen LogP contribution in [-0.2, 0) is 14.3 Å². The summed E-state index contributed by atoms with van der Waals surface area (Å²) in [5.74, 6) is 0.119. The van der Waals surface area contributed by atoms with Gasteiger partial charge in [-0.2, -0.15) is 0 Å². The lowest BCUT2D eigenvalue weighted by molar-refractivity contribution is -0.144. The van der Waals surface area contributed by atoms with E-state index in [1.807, 2.05) is 0 Å². The molecule has 0 aromatic heterocycles. The van der Waals surface area contributed by atoms with E-state index in [4.69, 9.17) is 9.47 Å². The van der Waals surface area contributed by atoms with Crippen LogP contribution in [0.4, 0.5) is 0 Å². The zero-order chi connectivity index (χ0) is 12.3. The van der Waals surface area contributed by atoms with Gasteiger partial charge in [0, 0.05) is 6.42 Å². The third-order valence-electron chi connectivity index (χ3n) is 3.16. The quantitative estimate of drug-likeness (QED) is 0.550. The number of hydrogen-bond acceptors (Lipinski definition) is 3. The first-order chi connectivity index (χ1) is 8.34. The second-order valence-electron chi connectivity index (χ2n) is 4.76. The van der Waals surface area contributed by atoms with Crippen LogP contribution in [0.3, 0.4) is 0 Å². The highest BCUT2D eigenvalue weighted by Crippen LogP contribution is 2.12.